The number of rotatable bonds is 4. The zero-order chi connectivity index (χ0) is 14.8. The number of nitrogens with zero attached hydrogens (tertiary/aromatic N) is 2. The van der Waals surface area contributed by atoms with E-state index in [0.29, 0.717) is 5.22 Å². The second-order valence-corrected chi connectivity index (χ2v) is 6.53. The summed E-state index contributed by atoms with van der Waals surface area (Å²) in [6.45, 7) is 0. The molecule has 0 fully saturated rings. The van der Waals surface area contributed by atoms with Gasteiger partial charge in [-0.2, -0.15) is 0 Å². The molecule has 108 valence electrons. The minimum Gasteiger partial charge on any atom is -0.431 e. The molecule has 0 saturated carbocycles. The van der Waals surface area contributed by atoms with Gasteiger partial charge in [0.2, 0.25) is 0 Å². The van der Waals surface area contributed by atoms with Gasteiger partial charge >= 0.3 is 0 Å². The minimum atomic E-state index is 0.690. The molecule has 3 nitrogen and oxygen atoms in total. The van der Waals surface area contributed by atoms with Crippen molar-refractivity contribution in [2.75, 3.05) is 0 Å². The third kappa shape index (κ3) is 2.77. The summed E-state index contributed by atoms with van der Waals surface area (Å²) < 4.78 is 5.71. The molecule has 0 aliphatic rings. The summed E-state index contributed by atoms with van der Waals surface area (Å²) in [5.74, 6) is 0.760. The molecule has 0 radical (unpaired) electrons. The number of hydrogen-bond donors (Lipinski definition) is 0. The van der Waals surface area contributed by atoms with Crippen LogP contribution >= 0.6 is 23.1 Å². The van der Waals surface area contributed by atoms with Crippen molar-refractivity contribution in [3.63, 3.8) is 0 Å². The van der Waals surface area contributed by atoms with E-state index in [2.05, 4.69) is 27.5 Å². The second kappa shape index (κ2) is 5.94. The number of benzene rings is 2. The van der Waals surface area contributed by atoms with Gasteiger partial charge in [0.15, 0.2) is 5.58 Å². The van der Waals surface area contributed by atoms with E-state index in [-0.39, 0.29) is 0 Å². The fraction of sp³-hybridized carbons (Fsp3) is 0.0588. The summed E-state index contributed by atoms with van der Waals surface area (Å²) in [5, 5.41) is 3.84. The van der Waals surface area contributed by atoms with E-state index in [1.54, 1.807) is 23.1 Å². The highest BCUT2D eigenvalue weighted by Crippen LogP contribution is 2.29. The molecule has 0 saturated heterocycles. The van der Waals surface area contributed by atoms with Crippen LogP contribution in [0.2, 0.25) is 0 Å². The standard InChI is InChI=1S/C17H12N2OS2/c1-2-6-12(7-3-1)16-18-13(10-21-16)11-22-17-19-14-8-4-5-9-15(14)20-17/h1-10H,11H2. The molecule has 0 atom stereocenters. The van der Waals surface area contributed by atoms with Crippen molar-refractivity contribution in [3.8, 4) is 10.6 Å². The quantitative estimate of drug-likeness (QED) is 0.481. The van der Waals surface area contributed by atoms with Crippen LogP contribution < -0.4 is 0 Å². The maximum absolute atomic E-state index is 5.71. The topological polar surface area (TPSA) is 38.9 Å². The molecular formula is C17H12N2OS2. The lowest BCUT2D eigenvalue weighted by Crippen LogP contribution is -1.82. The Labute approximate surface area is 136 Å². The van der Waals surface area contributed by atoms with Gasteiger partial charge in [0.25, 0.3) is 5.22 Å². The highest BCUT2D eigenvalue weighted by atomic mass is 32.2. The molecular weight excluding hydrogens is 312 g/mol. The molecule has 0 bridgehead atoms. The number of thioether (sulfide) groups is 1. The van der Waals surface area contributed by atoms with E-state index in [9.17, 15) is 0 Å². The third-order valence-electron chi connectivity index (χ3n) is 3.19. The van der Waals surface area contributed by atoms with Crippen LogP contribution in [-0.2, 0) is 5.75 Å². The Bertz CT molecular complexity index is 866. The van der Waals surface area contributed by atoms with Gasteiger partial charge in [-0.1, -0.05) is 54.2 Å². The molecule has 0 amide bonds. The van der Waals surface area contributed by atoms with E-state index in [4.69, 9.17) is 4.42 Å². The lowest BCUT2D eigenvalue weighted by molar-refractivity contribution is 0.489. The molecule has 5 heteroatoms. The van der Waals surface area contributed by atoms with Crippen molar-refractivity contribution in [1.82, 2.24) is 9.97 Å². The predicted octanol–water partition coefficient (Wildman–Crippen LogP) is 5.24. The van der Waals surface area contributed by atoms with Gasteiger partial charge in [-0.25, -0.2) is 9.97 Å². The number of para-hydroxylation sites is 2. The summed E-state index contributed by atoms with van der Waals surface area (Å²) in [4.78, 5) is 9.14. The molecule has 2 heterocycles. The zero-order valence-electron chi connectivity index (χ0n) is 11.6. The van der Waals surface area contributed by atoms with Gasteiger partial charge in [0.1, 0.15) is 10.5 Å². The Morgan fingerprint density at radius 1 is 0.955 bits per heavy atom. The van der Waals surface area contributed by atoms with Gasteiger partial charge in [-0.05, 0) is 12.1 Å². The van der Waals surface area contributed by atoms with Crippen LogP contribution in [0.3, 0.4) is 0 Å². The highest BCUT2D eigenvalue weighted by Gasteiger charge is 2.08. The Hall–Kier alpha value is -2.11. The smallest absolute Gasteiger partial charge is 0.257 e. The van der Waals surface area contributed by atoms with Gasteiger partial charge < -0.3 is 4.42 Å². The maximum atomic E-state index is 5.71. The molecule has 4 aromatic rings. The van der Waals surface area contributed by atoms with Gasteiger partial charge in [0.05, 0.1) is 5.69 Å². The first kappa shape index (κ1) is 13.5. The highest BCUT2D eigenvalue weighted by molar-refractivity contribution is 7.98. The van der Waals surface area contributed by atoms with Crippen molar-refractivity contribution in [2.45, 2.75) is 11.0 Å². The zero-order valence-corrected chi connectivity index (χ0v) is 13.2. The number of aromatic nitrogens is 2. The number of fused-ring (bicyclic) bond motifs is 1. The van der Waals surface area contributed by atoms with Gasteiger partial charge in [0, 0.05) is 16.7 Å². The molecule has 22 heavy (non-hydrogen) atoms. The summed E-state index contributed by atoms with van der Waals surface area (Å²) in [5.41, 5.74) is 3.93. The number of oxazole rings is 1. The van der Waals surface area contributed by atoms with Crippen LogP contribution in [-0.4, -0.2) is 9.97 Å². The van der Waals surface area contributed by atoms with Crippen LogP contribution in [0.25, 0.3) is 21.7 Å². The first-order chi connectivity index (χ1) is 10.9. The fourth-order valence-corrected chi connectivity index (χ4v) is 3.80. The second-order valence-electron chi connectivity index (χ2n) is 4.75. The average molecular weight is 324 g/mol. The lowest BCUT2D eigenvalue weighted by Gasteiger charge is -1.94. The molecule has 0 aliphatic carbocycles. The summed E-state index contributed by atoms with van der Waals surface area (Å²) in [6, 6.07) is 18.0. The molecule has 0 unspecified atom stereocenters. The van der Waals surface area contributed by atoms with E-state index >= 15 is 0 Å². The van der Waals surface area contributed by atoms with Crippen LogP contribution in [0.4, 0.5) is 0 Å². The van der Waals surface area contributed by atoms with Crippen molar-refractivity contribution < 1.29 is 4.42 Å². The Morgan fingerprint density at radius 3 is 2.64 bits per heavy atom. The van der Waals surface area contributed by atoms with Gasteiger partial charge in [-0.3, -0.25) is 0 Å². The number of thiazole rings is 1. The Balaban J connectivity index is 1.49. The Kier molecular flexibility index (Phi) is 3.66. The molecule has 2 aromatic heterocycles. The first-order valence-corrected chi connectivity index (χ1v) is 8.73. The minimum absolute atomic E-state index is 0.690. The monoisotopic (exact) mass is 324 g/mol. The molecule has 4 rings (SSSR count). The summed E-state index contributed by atoms with van der Waals surface area (Å²) >= 11 is 3.24. The molecule has 0 spiro atoms. The Morgan fingerprint density at radius 2 is 1.77 bits per heavy atom. The normalized spacial score (nSPS) is 11.1. The third-order valence-corrected chi connectivity index (χ3v) is 4.99. The van der Waals surface area contributed by atoms with E-state index in [1.807, 2.05) is 42.5 Å². The van der Waals surface area contributed by atoms with Crippen molar-refractivity contribution >= 4 is 34.2 Å². The first-order valence-electron chi connectivity index (χ1n) is 6.87. The van der Waals surface area contributed by atoms with Crippen molar-refractivity contribution in [2.24, 2.45) is 0 Å². The molecule has 2 aromatic carbocycles. The van der Waals surface area contributed by atoms with Crippen LogP contribution in [0, 0.1) is 0 Å². The molecule has 0 N–H and O–H groups in total. The summed E-state index contributed by atoms with van der Waals surface area (Å²) in [7, 11) is 0. The van der Waals surface area contributed by atoms with E-state index in [1.165, 1.54) is 0 Å². The van der Waals surface area contributed by atoms with Crippen LogP contribution in [0.1, 0.15) is 5.69 Å². The lowest BCUT2D eigenvalue weighted by atomic mass is 10.2. The SMILES string of the molecule is c1ccc(-c2nc(CSc3nc4ccccc4o3)cs2)cc1. The maximum Gasteiger partial charge on any atom is 0.257 e. The largest absolute Gasteiger partial charge is 0.431 e. The summed E-state index contributed by atoms with van der Waals surface area (Å²) in [6.07, 6.45) is 0. The van der Waals surface area contributed by atoms with Crippen LogP contribution in [0.15, 0.2) is 69.6 Å². The predicted molar refractivity (Wildman–Crippen MR) is 91.1 cm³/mol. The molecule has 0 aliphatic heterocycles. The van der Waals surface area contributed by atoms with Crippen molar-refractivity contribution in [1.29, 1.82) is 0 Å². The average Bonchev–Trinajstić information content (AvgIpc) is 3.20. The van der Waals surface area contributed by atoms with E-state index in [0.717, 1.165) is 33.1 Å². The van der Waals surface area contributed by atoms with E-state index < -0.39 is 0 Å². The van der Waals surface area contributed by atoms with Crippen molar-refractivity contribution in [3.05, 3.63) is 65.7 Å². The van der Waals surface area contributed by atoms with Crippen LogP contribution in [0.5, 0.6) is 0 Å². The van der Waals surface area contributed by atoms with Gasteiger partial charge in [-0.15, -0.1) is 11.3 Å². The number of hydrogen-bond acceptors (Lipinski definition) is 5. The fourth-order valence-electron chi connectivity index (χ4n) is 2.14.